The van der Waals surface area contributed by atoms with E-state index >= 15 is 0 Å². The first-order valence-electron chi connectivity index (χ1n) is 7.25. The van der Waals surface area contributed by atoms with Gasteiger partial charge in [-0.2, -0.15) is 0 Å². The number of rotatable bonds is 4. The van der Waals surface area contributed by atoms with E-state index in [4.69, 9.17) is 16.3 Å². The van der Waals surface area contributed by atoms with E-state index in [1.807, 2.05) is 5.38 Å². The van der Waals surface area contributed by atoms with Crippen molar-refractivity contribution in [2.45, 2.75) is 18.8 Å². The number of nitrogens with zero attached hydrogens (tertiary/aromatic N) is 2. The molecular formula is C16H19ClN2OS. The average Bonchev–Trinajstić information content (AvgIpc) is 2.86. The van der Waals surface area contributed by atoms with Crippen LogP contribution in [0.15, 0.2) is 29.6 Å². The lowest BCUT2D eigenvalue weighted by atomic mass is 10.1. The maximum Gasteiger partial charge on any atom is 0.123 e. The molecule has 0 unspecified atom stereocenters. The number of hydrogen-bond acceptors (Lipinski definition) is 4. The van der Waals surface area contributed by atoms with Crippen molar-refractivity contribution >= 4 is 22.9 Å². The third kappa shape index (κ3) is 4.04. The van der Waals surface area contributed by atoms with Crippen LogP contribution < -0.4 is 0 Å². The van der Waals surface area contributed by atoms with E-state index in [9.17, 15) is 0 Å². The van der Waals surface area contributed by atoms with Crippen LogP contribution in [-0.2, 0) is 17.2 Å². The molecule has 3 nitrogen and oxygen atoms in total. The molecule has 21 heavy (non-hydrogen) atoms. The van der Waals surface area contributed by atoms with Crippen LogP contribution in [0.5, 0.6) is 0 Å². The summed E-state index contributed by atoms with van der Waals surface area (Å²) < 4.78 is 5.49. The number of ether oxygens (including phenoxy) is 1. The Hall–Kier alpha value is -0.940. The Labute approximate surface area is 134 Å². The second-order valence-electron chi connectivity index (χ2n) is 5.22. The molecule has 3 rings (SSSR count). The molecule has 0 atom stereocenters. The summed E-state index contributed by atoms with van der Waals surface area (Å²) in [5.41, 5.74) is 3.46. The zero-order valence-electron chi connectivity index (χ0n) is 11.9. The summed E-state index contributed by atoms with van der Waals surface area (Å²) in [6.07, 6.45) is 1.12. The fourth-order valence-corrected chi connectivity index (χ4v) is 3.52. The first-order chi connectivity index (χ1) is 10.3. The second kappa shape index (κ2) is 7.36. The van der Waals surface area contributed by atoms with Crippen LogP contribution in [0, 0.1) is 0 Å². The van der Waals surface area contributed by atoms with Gasteiger partial charge in [-0.05, 0) is 12.0 Å². The number of alkyl halides is 1. The van der Waals surface area contributed by atoms with E-state index in [2.05, 4.69) is 34.1 Å². The highest BCUT2D eigenvalue weighted by molar-refractivity contribution is 7.13. The van der Waals surface area contributed by atoms with E-state index in [-0.39, 0.29) is 0 Å². The normalized spacial score (nSPS) is 16.8. The van der Waals surface area contributed by atoms with E-state index < -0.39 is 0 Å². The summed E-state index contributed by atoms with van der Waals surface area (Å²) in [5, 5.41) is 3.06. The van der Waals surface area contributed by atoms with Crippen molar-refractivity contribution in [1.82, 2.24) is 9.88 Å². The molecule has 0 bridgehead atoms. The van der Waals surface area contributed by atoms with Crippen LogP contribution in [-0.4, -0.2) is 36.2 Å². The molecule has 1 fully saturated rings. The summed E-state index contributed by atoms with van der Waals surface area (Å²) in [4.78, 5) is 6.97. The van der Waals surface area contributed by atoms with Crippen molar-refractivity contribution in [3.63, 3.8) is 0 Å². The molecule has 112 valence electrons. The number of aromatic nitrogens is 1. The topological polar surface area (TPSA) is 25.4 Å². The Morgan fingerprint density at radius 3 is 2.81 bits per heavy atom. The molecule has 0 amide bonds. The highest BCUT2D eigenvalue weighted by Gasteiger charge is 2.10. The minimum atomic E-state index is 0.478. The van der Waals surface area contributed by atoms with Crippen LogP contribution >= 0.6 is 22.9 Å². The summed E-state index contributed by atoms with van der Waals surface area (Å²) in [5.74, 6) is 0.478. The molecule has 0 N–H and O–H groups in total. The molecule has 1 aromatic carbocycles. The fraction of sp³-hybridized carbons (Fsp3) is 0.438. The molecule has 0 saturated carbocycles. The number of halogens is 1. The lowest BCUT2D eigenvalue weighted by Gasteiger charge is -2.19. The van der Waals surface area contributed by atoms with E-state index in [0.717, 1.165) is 50.0 Å². The van der Waals surface area contributed by atoms with Gasteiger partial charge in [0.05, 0.1) is 18.2 Å². The Morgan fingerprint density at radius 1 is 1.19 bits per heavy atom. The zero-order chi connectivity index (χ0) is 14.5. The van der Waals surface area contributed by atoms with Gasteiger partial charge in [0.1, 0.15) is 5.01 Å². The maximum atomic E-state index is 5.80. The Bertz CT molecular complexity index is 562. The van der Waals surface area contributed by atoms with Crippen LogP contribution in [0.4, 0.5) is 0 Å². The largest absolute Gasteiger partial charge is 0.380 e. The summed E-state index contributed by atoms with van der Waals surface area (Å²) in [7, 11) is 0. The lowest BCUT2D eigenvalue weighted by Crippen LogP contribution is -2.25. The minimum absolute atomic E-state index is 0.478. The van der Waals surface area contributed by atoms with Gasteiger partial charge in [-0.15, -0.1) is 22.9 Å². The van der Waals surface area contributed by atoms with Crippen LogP contribution in [0.25, 0.3) is 10.6 Å². The van der Waals surface area contributed by atoms with Gasteiger partial charge < -0.3 is 4.74 Å². The predicted octanol–water partition coefficient (Wildman–Crippen LogP) is 3.77. The van der Waals surface area contributed by atoms with E-state index in [0.29, 0.717) is 5.88 Å². The Morgan fingerprint density at radius 2 is 2.05 bits per heavy atom. The van der Waals surface area contributed by atoms with Crippen molar-refractivity contribution in [3.05, 3.63) is 40.9 Å². The Balaban J connectivity index is 1.65. The van der Waals surface area contributed by atoms with Crippen molar-refractivity contribution in [2.24, 2.45) is 0 Å². The van der Waals surface area contributed by atoms with Gasteiger partial charge in [-0.1, -0.05) is 24.3 Å². The first-order valence-corrected chi connectivity index (χ1v) is 8.66. The zero-order valence-corrected chi connectivity index (χ0v) is 13.5. The Kier molecular flexibility index (Phi) is 5.25. The quantitative estimate of drug-likeness (QED) is 0.801. The molecule has 2 aromatic rings. The van der Waals surface area contributed by atoms with Gasteiger partial charge in [0.25, 0.3) is 0 Å². The lowest BCUT2D eigenvalue weighted by molar-refractivity contribution is 0.140. The van der Waals surface area contributed by atoms with E-state index in [1.165, 1.54) is 11.1 Å². The fourth-order valence-electron chi connectivity index (χ4n) is 2.47. The number of benzene rings is 1. The molecule has 5 heteroatoms. The summed E-state index contributed by atoms with van der Waals surface area (Å²) in [6.45, 7) is 4.87. The summed E-state index contributed by atoms with van der Waals surface area (Å²) >= 11 is 7.45. The molecule has 0 aliphatic carbocycles. The molecule has 1 aliphatic heterocycles. The van der Waals surface area contributed by atoms with Crippen LogP contribution in [0.2, 0.25) is 0 Å². The molecule has 1 saturated heterocycles. The molecule has 1 aromatic heterocycles. The highest BCUT2D eigenvalue weighted by Crippen LogP contribution is 2.25. The standard InChI is InChI=1S/C16H19ClN2OS/c17-10-15-12-21-16(18-15)14-4-2-13(3-5-14)11-19-6-1-8-20-9-7-19/h2-5,12H,1,6-11H2. The first kappa shape index (κ1) is 15.0. The molecule has 0 radical (unpaired) electrons. The number of thiazole rings is 1. The summed E-state index contributed by atoms with van der Waals surface area (Å²) in [6, 6.07) is 8.70. The van der Waals surface area contributed by atoms with Gasteiger partial charge in [0.2, 0.25) is 0 Å². The van der Waals surface area contributed by atoms with Gasteiger partial charge in [0.15, 0.2) is 0 Å². The predicted molar refractivity (Wildman–Crippen MR) is 87.8 cm³/mol. The highest BCUT2D eigenvalue weighted by atomic mass is 35.5. The van der Waals surface area contributed by atoms with Gasteiger partial charge in [-0.25, -0.2) is 4.98 Å². The number of hydrogen-bond donors (Lipinski definition) is 0. The van der Waals surface area contributed by atoms with Crippen LogP contribution in [0.1, 0.15) is 17.7 Å². The van der Waals surface area contributed by atoms with Crippen molar-refractivity contribution in [1.29, 1.82) is 0 Å². The van der Waals surface area contributed by atoms with Crippen LogP contribution in [0.3, 0.4) is 0 Å². The maximum absolute atomic E-state index is 5.80. The molecule has 2 heterocycles. The third-order valence-electron chi connectivity index (χ3n) is 3.61. The molecule has 1 aliphatic rings. The smallest absolute Gasteiger partial charge is 0.123 e. The SMILES string of the molecule is ClCc1csc(-c2ccc(CN3CCCOCC3)cc2)n1. The third-order valence-corrected chi connectivity index (χ3v) is 4.82. The average molecular weight is 323 g/mol. The molecular weight excluding hydrogens is 304 g/mol. The van der Waals surface area contributed by atoms with Crippen molar-refractivity contribution in [3.8, 4) is 10.6 Å². The van der Waals surface area contributed by atoms with Crippen molar-refractivity contribution in [2.75, 3.05) is 26.3 Å². The molecule has 0 spiro atoms. The van der Waals surface area contributed by atoms with Gasteiger partial charge in [-0.3, -0.25) is 4.90 Å². The van der Waals surface area contributed by atoms with Crippen molar-refractivity contribution < 1.29 is 4.74 Å². The van der Waals surface area contributed by atoms with E-state index in [1.54, 1.807) is 11.3 Å². The van der Waals surface area contributed by atoms with Gasteiger partial charge in [0, 0.05) is 37.2 Å². The minimum Gasteiger partial charge on any atom is -0.380 e. The second-order valence-corrected chi connectivity index (χ2v) is 6.34. The monoisotopic (exact) mass is 322 g/mol. The van der Waals surface area contributed by atoms with Gasteiger partial charge >= 0.3 is 0 Å².